The molecule has 0 aliphatic rings. The molecule has 0 saturated heterocycles. The van der Waals surface area contributed by atoms with E-state index in [-0.39, 0.29) is 0 Å². The number of aromatic nitrogens is 2. The Hall–Kier alpha value is -2.68. The quantitative estimate of drug-likeness (QED) is 0.715. The second-order valence-electron chi connectivity index (χ2n) is 5.28. The summed E-state index contributed by atoms with van der Waals surface area (Å²) in [5.41, 5.74) is 5.26. The Morgan fingerprint density at radius 2 is 1.23 bits per heavy atom. The molecular weight excluding hydrogens is 272 g/mol. The summed E-state index contributed by atoms with van der Waals surface area (Å²) in [6.07, 6.45) is 0. The maximum absolute atomic E-state index is 5.20. The lowest BCUT2D eigenvalue weighted by Crippen LogP contribution is -1.95. The zero-order valence-electron chi connectivity index (χ0n) is 13.0. The third-order valence-electron chi connectivity index (χ3n) is 3.57. The van der Waals surface area contributed by atoms with Crippen molar-refractivity contribution in [2.75, 3.05) is 7.11 Å². The van der Waals surface area contributed by atoms with Crippen molar-refractivity contribution in [2.24, 2.45) is 0 Å². The van der Waals surface area contributed by atoms with Crippen LogP contribution in [0.5, 0.6) is 5.75 Å². The maximum Gasteiger partial charge on any atom is 0.126 e. The number of ether oxygens (including phenoxy) is 1. The Kier molecular flexibility index (Phi) is 3.88. The maximum atomic E-state index is 5.20. The molecule has 0 bridgehead atoms. The lowest BCUT2D eigenvalue weighted by atomic mass is 10.1. The molecule has 0 N–H and O–H groups in total. The fourth-order valence-electron chi connectivity index (χ4n) is 2.35. The van der Waals surface area contributed by atoms with E-state index in [2.05, 4.69) is 41.2 Å². The highest BCUT2D eigenvalue weighted by Crippen LogP contribution is 2.25. The third-order valence-corrected chi connectivity index (χ3v) is 3.57. The van der Waals surface area contributed by atoms with Crippen LogP contribution in [0.4, 0.5) is 0 Å². The van der Waals surface area contributed by atoms with E-state index in [0.29, 0.717) is 0 Å². The summed E-state index contributed by atoms with van der Waals surface area (Å²) >= 11 is 0. The summed E-state index contributed by atoms with van der Waals surface area (Å²) in [4.78, 5) is 9.11. The molecule has 0 aliphatic heterocycles. The van der Waals surface area contributed by atoms with Crippen molar-refractivity contribution in [2.45, 2.75) is 13.8 Å². The van der Waals surface area contributed by atoms with E-state index >= 15 is 0 Å². The van der Waals surface area contributed by atoms with Crippen LogP contribution in [0.3, 0.4) is 0 Å². The molecule has 1 heterocycles. The molecule has 0 aliphatic carbocycles. The summed E-state index contributed by atoms with van der Waals surface area (Å²) in [7, 11) is 1.67. The Balaban J connectivity index is 2.03. The average molecular weight is 290 g/mol. The molecular formula is C19H18N2O. The standard InChI is InChI=1S/C19H18N2O/c1-13-4-6-15(7-5-13)18-12-19(21-14(2)20-18)16-8-10-17(22-3)11-9-16/h4-12H,1-3H3. The Labute approximate surface area is 130 Å². The number of rotatable bonds is 3. The highest BCUT2D eigenvalue weighted by atomic mass is 16.5. The van der Waals surface area contributed by atoms with Crippen molar-refractivity contribution in [1.29, 1.82) is 0 Å². The molecule has 22 heavy (non-hydrogen) atoms. The van der Waals surface area contributed by atoms with Gasteiger partial charge in [-0.1, -0.05) is 29.8 Å². The number of aryl methyl sites for hydroxylation is 2. The first-order valence-corrected chi connectivity index (χ1v) is 7.23. The van der Waals surface area contributed by atoms with Gasteiger partial charge in [0.1, 0.15) is 11.6 Å². The first kappa shape index (κ1) is 14.3. The molecule has 2 aromatic carbocycles. The molecule has 1 aromatic heterocycles. The van der Waals surface area contributed by atoms with E-state index in [1.165, 1.54) is 5.56 Å². The minimum atomic E-state index is 0.767. The molecule has 3 rings (SSSR count). The summed E-state index contributed by atoms with van der Waals surface area (Å²) in [6, 6.07) is 18.3. The van der Waals surface area contributed by atoms with Gasteiger partial charge in [-0.05, 0) is 44.2 Å². The number of nitrogens with zero attached hydrogens (tertiary/aromatic N) is 2. The molecule has 0 unspecified atom stereocenters. The lowest BCUT2D eigenvalue weighted by molar-refractivity contribution is 0.415. The molecule has 110 valence electrons. The Morgan fingerprint density at radius 3 is 1.73 bits per heavy atom. The summed E-state index contributed by atoms with van der Waals surface area (Å²) in [6.45, 7) is 4.00. The van der Waals surface area contributed by atoms with Gasteiger partial charge in [-0.15, -0.1) is 0 Å². The predicted octanol–water partition coefficient (Wildman–Crippen LogP) is 4.44. The van der Waals surface area contributed by atoms with Crippen LogP contribution in [0.15, 0.2) is 54.6 Å². The SMILES string of the molecule is COc1ccc(-c2cc(-c3ccc(C)cc3)nc(C)n2)cc1. The van der Waals surface area contributed by atoms with E-state index < -0.39 is 0 Å². The zero-order chi connectivity index (χ0) is 15.5. The fourth-order valence-corrected chi connectivity index (χ4v) is 2.35. The van der Waals surface area contributed by atoms with Gasteiger partial charge in [0.05, 0.1) is 18.5 Å². The number of hydrogen-bond donors (Lipinski definition) is 0. The Morgan fingerprint density at radius 1 is 0.727 bits per heavy atom. The van der Waals surface area contributed by atoms with E-state index in [0.717, 1.165) is 34.1 Å². The van der Waals surface area contributed by atoms with E-state index in [9.17, 15) is 0 Å². The number of hydrogen-bond acceptors (Lipinski definition) is 3. The second kappa shape index (κ2) is 5.98. The van der Waals surface area contributed by atoms with Crippen molar-refractivity contribution < 1.29 is 4.74 Å². The first-order valence-electron chi connectivity index (χ1n) is 7.23. The van der Waals surface area contributed by atoms with Gasteiger partial charge in [-0.25, -0.2) is 9.97 Å². The van der Waals surface area contributed by atoms with E-state index in [1.807, 2.05) is 37.3 Å². The van der Waals surface area contributed by atoms with Crippen LogP contribution in [0, 0.1) is 13.8 Å². The van der Waals surface area contributed by atoms with Gasteiger partial charge in [0.25, 0.3) is 0 Å². The van der Waals surface area contributed by atoms with Crippen molar-refractivity contribution in [3.05, 3.63) is 66.0 Å². The highest BCUT2D eigenvalue weighted by molar-refractivity contribution is 5.68. The monoisotopic (exact) mass is 290 g/mol. The minimum absolute atomic E-state index is 0.767. The van der Waals surface area contributed by atoms with Crippen molar-refractivity contribution >= 4 is 0 Å². The minimum Gasteiger partial charge on any atom is -0.497 e. The fraction of sp³-hybridized carbons (Fsp3) is 0.158. The first-order chi connectivity index (χ1) is 10.7. The summed E-state index contributed by atoms with van der Waals surface area (Å²) < 4.78 is 5.20. The van der Waals surface area contributed by atoms with Crippen molar-refractivity contribution in [1.82, 2.24) is 9.97 Å². The van der Waals surface area contributed by atoms with E-state index in [1.54, 1.807) is 7.11 Å². The van der Waals surface area contributed by atoms with E-state index in [4.69, 9.17) is 4.74 Å². The van der Waals surface area contributed by atoms with Gasteiger partial charge < -0.3 is 4.74 Å². The van der Waals surface area contributed by atoms with Crippen LogP contribution in [0.25, 0.3) is 22.5 Å². The summed E-state index contributed by atoms with van der Waals surface area (Å²) in [5, 5.41) is 0. The van der Waals surface area contributed by atoms with Gasteiger partial charge in [0.2, 0.25) is 0 Å². The van der Waals surface area contributed by atoms with Crippen molar-refractivity contribution in [3.8, 4) is 28.3 Å². The van der Waals surface area contributed by atoms with Gasteiger partial charge in [-0.2, -0.15) is 0 Å². The Bertz CT molecular complexity index is 778. The van der Waals surface area contributed by atoms with Crippen LogP contribution in [-0.4, -0.2) is 17.1 Å². The van der Waals surface area contributed by atoms with Crippen molar-refractivity contribution in [3.63, 3.8) is 0 Å². The van der Waals surface area contributed by atoms with Gasteiger partial charge in [0.15, 0.2) is 0 Å². The molecule has 0 atom stereocenters. The second-order valence-corrected chi connectivity index (χ2v) is 5.28. The number of benzene rings is 2. The van der Waals surface area contributed by atoms with Crippen LogP contribution in [0.2, 0.25) is 0 Å². The van der Waals surface area contributed by atoms with Gasteiger partial charge in [-0.3, -0.25) is 0 Å². The molecule has 0 amide bonds. The number of methoxy groups -OCH3 is 1. The molecule has 3 aromatic rings. The predicted molar refractivity (Wildman–Crippen MR) is 88.9 cm³/mol. The van der Waals surface area contributed by atoms with Gasteiger partial charge >= 0.3 is 0 Å². The molecule has 0 radical (unpaired) electrons. The molecule has 0 saturated carbocycles. The largest absolute Gasteiger partial charge is 0.497 e. The molecule has 0 spiro atoms. The smallest absolute Gasteiger partial charge is 0.126 e. The molecule has 3 nitrogen and oxygen atoms in total. The summed E-state index contributed by atoms with van der Waals surface area (Å²) in [5.74, 6) is 1.61. The van der Waals surface area contributed by atoms with Crippen LogP contribution >= 0.6 is 0 Å². The highest BCUT2D eigenvalue weighted by Gasteiger charge is 2.07. The van der Waals surface area contributed by atoms with Gasteiger partial charge in [0, 0.05) is 11.1 Å². The average Bonchev–Trinajstić information content (AvgIpc) is 2.55. The van der Waals surface area contributed by atoms with Crippen LogP contribution < -0.4 is 4.74 Å². The third kappa shape index (κ3) is 2.98. The lowest BCUT2D eigenvalue weighted by Gasteiger charge is -2.08. The van der Waals surface area contributed by atoms with Crippen LogP contribution in [0.1, 0.15) is 11.4 Å². The normalized spacial score (nSPS) is 10.5. The molecule has 3 heteroatoms. The topological polar surface area (TPSA) is 35.0 Å². The zero-order valence-corrected chi connectivity index (χ0v) is 13.0. The molecule has 0 fully saturated rings. The van der Waals surface area contributed by atoms with Crippen LogP contribution in [-0.2, 0) is 0 Å².